The highest BCUT2D eigenvalue weighted by molar-refractivity contribution is 6.60. The second-order valence-electron chi connectivity index (χ2n) is 4.52. The van der Waals surface area contributed by atoms with Crippen molar-refractivity contribution < 1.29 is 29.6 Å². The molecule has 128 valence electrons. The molecule has 6 nitrogen and oxygen atoms in total. The molecule has 10 heteroatoms. The number of rotatable bonds is 4. The van der Waals surface area contributed by atoms with Crippen LogP contribution < -0.4 is 20.4 Å². The number of halogens is 2. The molecule has 0 unspecified atom stereocenters. The standard InChI is InChI=1S/2C7H8BClO3/c2*1-12-7-4-5(9)2-3-6(7)8(10)11/h2*2-4,10-11H,1H3. The van der Waals surface area contributed by atoms with Gasteiger partial charge in [-0.25, -0.2) is 0 Å². The van der Waals surface area contributed by atoms with Crippen LogP contribution >= 0.6 is 23.2 Å². The summed E-state index contributed by atoms with van der Waals surface area (Å²) in [5.41, 5.74) is 0.615. The van der Waals surface area contributed by atoms with Gasteiger partial charge >= 0.3 is 14.2 Å². The van der Waals surface area contributed by atoms with Crippen LogP contribution in [-0.2, 0) is 0 Å². The van der Waals surface area contributed by atoms with Crippen molar-refractivity contribution in [3.05, 3.63) is 46.4 Å². The number of benzene rings is 2. The van der Waals surface area contributed by atoms with Gasteiger partial charge in [0.1, 0.15) is 11.5 Å². The maximum absolute atomic E-state index is 8.86. The van der Waals surface area contributed by atoms with Crippen LogP contribution in [0, 0.1) is 0 Å². The van der Waals surface area contributed by atoms with E-state index in [0.29, 0.717) is 32.5 Å². The van der Waals surface area contributed by atoms with Crippen molar-refractivity contribution in [2.45, 2.75) is 0 Å². The molecule has 0 fully saturated rings. The average molecular weight is 373 g/mol. The van der Waals surface area contributed by atoms with Gasteiger partial charge in [0.05, 0.1) is 14.2 Å². The van der Waals surface area contributed by atoms with Crippen molar-refractivity contribution in [1.82, 2.24) is 0 Å². The van der Waals surface area contributed by atoms with Crippen LogP contribution in [0.1, 0.15) is 0 Å². The predicted molar refractivity (Wildman–Crippen MR) is 95.7 cm³/mol. The van der Waals surface area contributed by atoms with Gasteiger partial charge in [-0.1, -0.05) is 35.3 Å². The summed E-state index contributed by atoms with van der Waals surface area (Å²) in [4.78, 5) is 0. The summed E-state index contributed by atoms with van der Waals surface area (Å²) >= 11 is 11.3. The van der Waals surface area contributed by atoms with Crippen LogP contribution in [-0.4, -0.2) is 48.6 Å². The lowest BCUT2D eigenvalue weighted by molar-refractivity contribution is 0.402. The minimum absolute atomic E-state index is 0.307. The Morgan fingerprint density at radius 2 is 1.04 bits per heavy atom. The average Bonchev–Trinajstić information content (AvgIpc) is 2.54. The summed E-state index contributed by atoms with van der Waals surface area (Å²) in [7, 11) is -0.177. The molecule has 0 aliphatic rings. The van der Waals surface area contributed by atoms with Crippen LogP contribution in [0.15, 0.2) is 36.4 Å². The Morgan fingerprint density at radius 1 is 0.708 bits per heavy atom. The monoisotopic (exact) mass is 372 g/mol. The molecule has 0 aromatic heterocycles. The lowest BCUT2D eigenvalue weighted by Crippen LogP contribution is -2.30. The van der Waals surface area contributed by atoms with Gasteiger partial charge in [0.15, 0.2) is 0 Å². The van der Waals surface area contributed by atoms with E-state index in [2.05, 4.69) is 0 Å². The largest absolute Gasteiger partial charge is 0.497 e. The minimum Gasteiger partial charge on any atom is -0.497 e. The number of hydrogen-bond donors (Lipinski definition) is 4. The zero-order chi connectivity index (χ0) is 18.3. The number of methoxy groups -OCH3 is 2. The first-order valence-corrected chi connectivity index (χ1v) is 7.44. The van der Waals surface area contributed by atoms with Gasteiger partial charge in [0, 0.05) is 21.0 Å². The van der Waals surface area contributed by atoms with Crippen molar-refractivity contribution >= 4 is 48.4 Å². The van der Waals surface area contributed by atoms with E-state index in [0.717, 1.165) is 0 Å². The Morgan fingerprint density at radius 3 is 1.29 bits per heavy atom. The Bertz CT molecular complexity index is 612. The summed E-state index contributed by atoms with van der Waals surface area (Å²) in [6, 6.07) is 9.20. The molecule has 24 heavy (non-hydrogen) atoms. The molecule has 0 atom stereocenters. The summed E-state index contributed by atoms with van der Waals surface area (Å²) in [6.07, 6.45) is 0. The second kappa shape index (κ2) is 9.78. The Labute approximate surface area is 150 Å². The van der Waals surface area contributed by atoms with E-state index in [1.165, 1.54) is 38.5 Å². The van der Waals surface area contributed by atoms with Gasteiger partial charge in [-0.3, -0.25) is 0 Å². The molecule has 0 saturated carbocycles. The lowest BCUT2D eigenvalue weighted by atomic mass is 9.79. The van der Waals surface area contributed by atoms with E-state index in [-0.39, 0.29) is 0 Å². The van der Waals surface area contributed by atoms with E-state index >= 15 is 0 Å². The van der Waals surface area contributed by atoms with Crippen molar-refractivity contribution in [3.8, 4) is 11.5 Å². The number of hydrogen-bond acceptors (Lipinski definition) is 6. The highest BCUT2D eigenvalue weighted by atomic mass is 35.5. The van der Waals surface area contributed by atoms with Crippen molar-refractivity contribution in [3.63, 3.8) is 0 Å². The van der Waals surface area contributed by atoms with Crippen LogP contribution in [0.3, 0.4) is 0 Å². The van der Waals surface area contributed by atoms with Gasteiger partial charge in [-0.15, -0.1) is 0 Å². The fourth-order valence-corrected chi connectivity index (χ4v) is 2.12. The van der Waals surface area contributed by atoms with Crippen molar-refractivity contribution in [1.29, 1.82) is 0 Å². The fraction of sp³-hybridized carbons (Fsp3) is 0.143. The molecule has 0 aliphatic heterocycles. The lowest BCUT2D eigenvalue weighted by Gasteiger charge is -2.06. The topological polar surface area (TPSA) is 99.4 Å². The zero-order valence-electron chi connectivity index (χ0n) is 13.0. The van der Waals surface area contributed by atoms with E-state index in [4.69, 9.17) is 52.8 Å². The Hall–Kier alpha value is -1.41. The van der Waals surface area contributed by atoms with E-state index in [1.807, 2.05) is 0 Å². The smallest absolute Gasteiger partial charge is 0.492 e. The summed E-state index contributed by atoms with van der Waals surface area (Å²) in [5, 5.41) is 36.4. The summed E-state index contributed by atoms with van der Waals surface area (Å²) in [5.74, 6) is 0.745. The molecule has 0 heterocycles. The van der Waals surface area contributed by atoms with Crippen molar-refractivity contribution in [2.24, 2.45) is 0 Å². The molecule has 2 rings (SSSR count). The molecule has 0 spiro atoms. The van der Waals surface area contributed by atoms with Crippen LogP contribution in [0.5, 0.6) is 11.5 Å². The highest BCUT2D eigenvalue weighted by Gasteiger charge is 2.17. The third kappa shape index (κ3) is 5.90. The van der Waals surface area contributed by atoms with Crippen molar-refractivity contribution in [2.75, 3.05) is 14.2 Å². The molecule has 2 aromatic carbocycles. The molecule has 0 aliphatic carbocycles. The summed E-state index contributed by atoms with van der Waals surface area (Å²) in [6.45, 7) is 0. The Balaban J connectivity index is 0.000000240. The van der Waals surface area contributed by atoms with E-state index < -0.39 is 14.2 Å². The maximum Gasteiger partial charge on any atom is 0.492 e. The third-order valence-electron chi connectivity index (χ3n) is 2.95. The predicted octanol–water partition coefficient (Wildman–Crippen LogP) is 0.0568. The normalized spacial score (nSPS) is 9.67. The maximum atomic E-state index is 8.86. The van der Waals surface area contributed by atoms with Gasteiger partial charge in [0.2, 0.25) is 0 Å². The zero-order valence-corrected chi connectivity index (χ0v) is 14.5. The third-order valence-corrected chi connectivity index (χ3v) is 3.42. The van der Waals surface area contributed by atoms with Crippen LogP contribution in [0.25, 0.3) is 0 Å². The van der Waals surface area contributed by atoms with Gasteiger partial charge in [-0.05, 0) is 24.3 Å². The first-order valence-electron chi connectivity index (χ1n) is 6.69. The van der Waals surface area contributed by atoms with Crippen LogP contribution in [0.2, 0.25) is 10.0 Å². The van der Waals surface area contributed by atoms with E-state index in [9.17, 15) is 0 Å². The van der Waals surface area contributed by atoms with E-state index in [1.54, 1.807) is 12.1 Å². The minimum atomic E-state index is -1.53. The molecule has 0 saturated heterocycles. The molecule has 0 bridgehead atoms. The molecular formula is C14H16B2Cl2O6. The quantitative estimate of drug-likeness (QED) is 0.566. The van der Waals surface area contributed by atoms with Gasteiger partial charge in [-0.2, -0.15) is 0 Å². The number of ether oxygens (including phenoxy) is 2. The highest BCUT2D eigenvalue weighted by Crippen LogP contribution is 2.15. The van der Waals surface area contributed by atoms with Gasteiger partial charge in [0.25, 0.3) is 0 Å². The summed E-state index contributed by atoms with van der Waals surface area (Å²) < 4.78 is 9.77. The molecular weight excluding hydrogens is 357 g/mol. The Kier molecular flexibility index (Phi) is 8.41. The SMILES string of the molecule is COc1cc(Cl)ccc1B(O)O.COc1cc(Cl)ccc1B(O)O. The first kappa shape index (κ1) is 20.6. The second-order valence-corrected chi connectivity index (χ2v) is 5.39. The van der Waals surface area contributed by atoms with Crippen LogP contribution in [0.4, 0.5) is 0 Å². The fourth-order valence-electron chi connectivity index (χ4n) is 1.80. The first-order chi connectivity index (χ1) is 11.3. The molecule has 0 amide bonds. The molecule has 2 aromatic rings. The molecule has 4 N–H and O–H groups in total. The molecule has 0 radical (unpaired) electrons. The van der Waals surface area contributed by atoms with Gasteiger partial charge < -0.3 is 29.6 Å².